The Balaban J connectivity index is 1.78. The number of aromatic amines is 1. The summed E-state index contributed by atoms with van der Waals surface area (Å²) in [7, 11) is 0. The molecular weight excluding hydrogens is 254 g/mol. The first-order valence-corrected chi connectivity index (χ1v) is 6.23. The van der Waals surface area contributed by atoms with Crippen molar-refractivity contribution in [3.05, 3.63) is 42.2 Å². The number of rotatable bonds is 2. The monoisotopic (exact) mass is 265 g/mol. The predicted octanol–water partition coefficient (Wildman–Crippen LogP) is 3.15. The highest BCUT2D eigenvalue weighted by molar-refractivity contribution is 5.89. The topological polar surface area (TPSA) is 79.6 Å². The summed E-state index contributed by atoms with van der Waals surface area (Å²) in [4.78, 5) is 4.32. The molecule has 4 aromatic rings. The van der Waals surface area contributed by atoms with E-state index >= 15 is 0 Å². The van der Waals surface area contributed by atoms with Gasteiger partial charge in [0.2, 0.25) is 0 Å². The number of fused-ring (bicyclic) bond motifs is 2. The largest absolute Gasteiger partial charge is 0.356 e. The molecule has 0 atom stereocenters. The SMILES string of the molecule is Cc1noc2ccc(Nc3n[nH]c4cccnc34)cc12. The lowest BCUT2D eigenvalue weighted by atomic mass is 10.2. The highest BCUT2D eigenvalue weighted by Gasteiger charge is 2.09. The van der Waals surface area contributed by atoms with Crippen molar-refractivity contribution in [3.8, 4) is 0 Å². The van der Waals surface area contributed by atoms with Gasteiger partial charge in [0, 0.05) is 17.3 Å². The molecule has 0 saturated heterocycles. The van der Waals surface area contributed by atoms with Crippen LogP contribution in [0.3, 0.4) is 0 Å². The van der Waals surface area contributed by atoms with E-state index in [1.165, 1.54) is 0 Å². The summed E-state index contributed by atoms with van der Waals surface area (Å²) in [5.74, 6) is 0.703. The zero-order valence-corrected chi connectivity index (χ0v) is 10.7. The summed E-state index contributed by atoms with van der Waals surface area (Å²) in [6.45, 7) is 1.92. The predicted molar refractivity (Wildman–Crippen MR) is 75.9 cm³/mol. The molecular formula is C14H11N5O. The van der Waals surface area contributed by atoms with Crippen LogP contribution in [0.1, 0.15) is 5.69 Å². The highest BCUT2D eigenvalue weighted by atomic mass is 16.5. The van der Waals surface area contributed by atoms with Gasteiger partial charge in [0.05, 0.1) is 11.2 Å². The Labute approximate surface area is 113 Å². The van der Waals surface area contributed by atoms with Crippen molar-refractivity contribution < 1.29 is 4.52 Å². The van der Waals surface area contributed by atoms with Crippen LogP contribution in [0.2, 0.25) is 0 Å². The second kappa shape index (κ2) is 4.06. The van der Waals surface area contributed by atoms with Gasteiger partial charge in [-0.25, -0.2) is 0 Å². The van der Waals surface area contributed by atoms with Crippen LogP contribution in [0.15, 0.2) is 41.1 Å². The maximum atomic E-state index is 5.20. The summed E-state index contributed by atoms with van der Waals surface area (Å²) in [6.07, 6.45) is 1.75. The standard InChI is InChI=1S/C14H11N5O/c1-8-10-7-9(4-5-12(10)20-19-8)16-14-13-11(17-18-14)3-2-6-15-13/h2-7H,1H3,(H2,16,17,18). The molecule has 3 aromatic heterocycles. The first-order chi connectivity index (χ1) is 9.81. The lowest BCUT2D eigenvalue weighted by molar-refractivity contribution is 0.450. The maximum absolute atomic E-state index is 5.20. The molecule has 0 radical (unpaired) electrons. The molecule has 0 unspecified atom stereocenters. The number of anilines is 2. The van der Waals surface area contributed by atoms with Crippen molar-refractivity contribution in [2.24, 2.45) is 0 Å². The van der Waals surface area contributed by atoms with E-state index < -0.39 is 0 Å². The van der Waals surface area contributed by atoms with Gasteiger partial charge in [-0.15, -0.1) is 0 Å². The van der Waals surface area contributed by atoms with Gasteiger partial charge in [-0.3, -0.25) is 10.1 Å². The summed E-state index contributed by atoms with van der Waals surface area (Å²) >= 11 is 0. The van der Waals surface area contributed by atoms with Gasteiger partial charge in [-0.1, -0.05) is 5.16 Å². The minimum Gasteiger partial charge on any atom is -0.356 e. The van der Waals surface area contributed by atoms with Crippen LogP contribution >= 0.6 is 0 Å². The van der Waals surface area contributed by atoms with Crippen LogP contribution in [-0.4, -0.2) is 20.3 Å². The number of pyridine rings is 1. The smallest absolute Gasteiger partial charge is 0.178 e. The lowest BCUT2D eigenvalue weighted by Gasteiger charge is -2.02. The molecule has 0 spiro atoms. The van der Waals surface area contributed by atoms with Crippen molar-refractivity contribution in [2.45, 2.75) is 6.92 Å². The third-order valence-corrected chi connectivity index (χ3v) is 3.23. The van der Waals surface area contributed by atoms with E-state index in [0.29, 0.717) is 5.82 Å². The maximum Gasteiger partial charge on any atom is 0.178 e. The molecule has 4 rings (SSSR count). The number of hydrogen-bond donors (Lipinski definition) is 2. The molecule has 6 nitrogen and oxygen atoms in total. The van der Waals surface area contributed by atoms with Gasteiger partial charge in [0.15, 0.2) is 11.4 Å². The van der Waals surface area contributed by atoms with E-state index in [1.54, 1.807) is 6.20 Å². The van der Waals surface area contributed by atoms with Crippen molar-refractivity contribution in [1.82, 2.24) is 20.3 Å². The van der Waals surface area contributed by atoms with Crippen LogP contribution < -0.4 is 5.32 Å². The number of aryl methyl sites for hydroxylation is 1. The zero-order valence-electron chi connectivity index (χ0n) is 10.7. The molecule has 6 heteroatoms. The van der Waals surface area contributed by atoms with Gasteiger partial charge >= 0.3 is 0 Å². The molecule has 20 heavy (non-hydrogen) atoms. The molecule has 0 aliphatic rings. The number of nitrogens with zero attached hydrogens (tertiary/aromatic N) is 3. The van der Waals surface area contributed by atoms with Crippen LogP contribution in [0.5, 0.6) is 0 Å². The van der Waals surface area contributed by atoms with E-state index in [9.17, 15) is 0 Å². The number of H-pyrrole nitrogens is 1. The Bertz CT molecular complexity index is 908. The van der Waals surface area contributed by atoms with Gasteiger partial charge in [0.25, 0.3) is 0 Å². The second-order valence-electron chi connectivity index (χ2n) is 4.58. The fourth-order valence-corrected chi connectivity index (χ4v) is 2.21. The quantitative estimate of drug-likeness (QED) is 0.582. The summed E-state index contributed by atoms with van der Waals surface area (Å²) < 4.78 is 5.20. The third-order valence-electron chi connectivity index (χ3n) is 3.23. The first kappa shape index (κ1) is 11.0. The molecule has 0 fully saturated rings. The minimum atomic E-state index is 0.703. The normalized spacial score (nSPS) is 11.2. The van der Waals surface area contributed by atoms with Crippen LogP contribution in [0.25, 0.3) is 22.0 Å². The Hall–Kier alpha value is -2.89. The first-order valence-electron chi connectivity index (χ1n) is 6.23. The van der Waals surface area contributed by atoms with E-state index in [0.717, 1.165) is 33.4 Å². The average Bonchev–Trinajstić information content (AvgIpc) is 3.05. The fraction of sp³-hybridized carbons (Fsp3) is 0.0714. The lowest BCUT2D eigenvalue weighted by Crippen LogP contribution is -1.91. The molecule has 2 N–H and O–H groups in total. The van der Waals surface area contributed by atoms with Crippen LogP contribution in [0.4, 0.5) is 11.5 Å². The van der Waals surface area contributed by atoms with Crippen molar-refractivity contribution in [3.63, 3.8) is 0 Å². The zero-order chi connectivity index (χ0) is 13.5. The molecule has 0 saturated carbocycles. The van der Waals surface area contributed by atoms with Gasteiger partial charge < -0.3 is 9.84 Å². The van der Waals surface area contributed by atoms with E-state index in [2.05, 4.69) is 25.7 Å². The second-order valence-corrected chi connectivity index (χ2v) is 4.58. The molecule has 98 valence electrons. The minimum absolute atomic E-state index is 0.703. The van der Waals surface area contributed by atoms with E-state index in [4.69, 9.17) is 4.52 Å². The number of benzene rings is 1. The van der Waals surface area contributed by atoms with Gasteiger partial charge in [-0.05, 0) is 37.3 Å². The number of nitrogens with one attached hydrogen (secondary N) is 2. The Morgan fingerprint density at radius 1 is 1.25 bits per heavy atom. The third kappa shape index (κ3) is 1.62. The molecule has 0 aliphatic heterocycles. The molecule has 0 aliphatic carbocycles. The van der Waals surface area contributed by atoms with Gasteiger partial charge in [-0.2, -0.15) is 5.10 Å². The Morgan fingerprint density at radius 2 is 2.20 bits per heavy atom. The summed E-state index contributed by atoms with van der Waals surface area (Å²) in [5, 5.41) is 15.4. The van der Waals surface area contributed by atoms with Crippen molar-refractivity contribution in [1.29, 1.82) is 0 Å². The Morgan fingerprint density at radius 3 is 3.15 bits per heavy atom. The van der Waals surface area contributed by atoms with Gasteiger partial charge in [0.1, 0.15) is 5.52 Å². The average molecular weight is 265 g/mol. The van der Waals surface area contributed by atoms with Crippen molar-refractivity contribution in [2.75, 3.05) is 5.32 Å². The van der Waals surface area contributed by atoms with Crippen LogP contribution in [0, 0.1) is 6.92 Å². The Kier molecular flexibility index (Phi) is 2.23. The number of hydrogen-bond acceptors (Lipinski definition) is 5. The molecule has 1 aromatic carbocycles. The summed E-state index contributed by atoms with van der Waals surface area (Å²) in [6, 6.07) is 9.62. The van der Waals surface area contributed by atoms with Crippen LogP contribution in [-0.2, 0) is 0 Å². The molecule has 3 heterocycles. The van der Waals surface area contributed by atoms with Crippen molar-refractivity contribution >= 4 is 33.5 Å². The molecule has 0 bridgehead atoms. The fourth-order valence-electron chi connectivity index (χ4n) is 2.21. The highest BCUT2D eigenvalue weighted by Crippen LogP contribution is 2.26. The van der Waals surface area contributed by atoms with E-state index in [-0.39, 0.29) is 0 Å². The van der Waals surface area contributed by atoms with E-state index in [1.807, 2.05) is 37.3 Å². The summed E-state index contributed by atoms with van der Waals surface area (Å²) in [5.41, 5.74) is 4.28. The molecule has 0 amide bonds. The number of aromatic nitrogens is 4.